The number of carboxylic acid groups (broad SMARTS) is 1. The van der Waals surface area contributed by atoms with Crippen LogP contribution in [-0.2, 0) is 4.79 Å². The van der Waals surface area contributed by atoms with Gasteiger partial charge < -0.3 is 5.11 Å². The molecule has 1 aromatic carbocycles. The summed E-state index contributed by atoms with van der Waals surface area (Å²) < 4.78 is 0. The fraction of sp³-hybridized carbons (Fsp3) is 0.357. The third-order valence-corrected chi connectivity index (χ3v) is 3.85. The second-order valence-electron chi connectivity index (χ2n) is 4.71. The Balaban J connectivity index is 2.13. The Hall–Kier alpha value is -1.57. The quantitative estimate of drug-likeness (QED) is 0.821. The average molecular weight is 214 g/mol. The van der Waals surface area contributed by atoms with Gasteiger partial charge >= 0.3 is 5.97 Å². The number of carbonyl (C=O) groups is 1. The molecule has 16 heavy (non-hydrogen) atoms. The lowest BCUT2D eigenvalue weighted by Crippen LogP contribution is -2.11. The van der Waals surface area contributed by atoms with Crippen molar-refractivity contribution in [1.29, 1.82) is 0 Å². The highest BCUT2D eigenvalue weighted by atomic mass is 16.4. The van der Waals surface area contributed by atoms with Gasteiger partial charge in [-0.1, -0.05) is 30.3 Å². The normalized spacial score (nSPS) is 27.5. The van der Waals surface area contributed by atoms with E-state index in [1.54, 1.807) is 0 Å². The van der Waals surface area contributed by atoms with Crippen molar-refractivity contribution in [2.45, 2.75) is 19.3 Å². The summed E-state index contributed by atoms with van der Waals surface area (Å²) in [7, 11) is 0. The second-order valence-corrected chi connectivity index (χ2v) is 4.71. The van der Waals surface area contributed by atoms with Crippen molar-refractivity contribution < 1.29 is 9.90 Å². The Bertz CT molecular complexity index is 459. The van der Waals surface area contributed by atoms with Crippen LogP contribution in [0.5, 0.6) is 0 Å². The van der Waals surface area contributed by atoms with Crippen molar-refractivity contribution in [3.63, 3.8) is 0 Å². The minimum absolute atomic E-state index is 0.303. The molecular formula is C14H14O2. The van der Waals surface area contributed by atoms with Gasteiger partial charge in [-0.25, -0.2) is 4.79 Å². The minimum Gasteiger partial charge on any atom is -0.478 e. The number of aliphatic carboxylic acids is 1. The zero-order valence-corrected chi connectivity index (χ0v) is 9.02. The number of hydrogen-bond acceptors (Lipinski definition) is 1. The summed E-state index contributed by atoms with van der Waals surface area (Å²) in [6.07, 6.45) is 3.26. The van der Waals surface area contributed by atoms with E-state index in [9.17, 15) is 9.90 Å². The fourth-order valence-electron chi connectivity index (χ4n) is 3.24. The van der Waals surface area contributed by atoms with Gasteiger partial charge in [-0.2, -0.15) is 0 Å². The SMILES string of the molecule is O=C(O)C1=C(c2ccccc2)C2CCC1C2. The molecule has 2 nitrogen and oxygen atoms in total. The zero-order chi connectivity index (χ0) is 11.1. The summed E-state index contributed by atoms with van der Waals surface area (Å²) in [5.74, 6) is 0.0715. The predicted octanol–water partition coefficient (Wildman–Crippen LogP) is 2.95. The first-order valence-corrected chi connectivity index (χ1v) is 5.80. The molecule has 0 spiro atoms. The molecule has 1 fully saturated rings. The predicted molar refractivity (Wildman–Crippen MR) is 61.8 cm³/mol. The van der Waals surface area contributed by atoms with Crippen molar-refractivity contribution in [2.24, 2.45) is 11.8 Å². The maximum Gasteiger partial charge on any atom is 0.332 e. The Labute approximate surface area is 94.6 Å². The monoisotopic (exact) mass is 214 g/mol. The number of rotatable bonds is 2. The van der Waals surface area contributed by atoms with E-state index in [0.717, 1.165) is 30.4 Å². The third kappa shape index (κ3) is 1.29. The summed E-state index contributed by atoms with van der Waals surface area (Å²) in [5, 5.41) is 9.31. The minimum atomic E-state index is -0.717. The molecule has 2 aliphatic carbocycles. The first kappa shape index (κ1) is 9.64. The molecule has 0 heterocycles. The standard InChI is InChI=1S/C14H14O2/c15-14(16)13-11-7-6-10(8-11)12(13)9-4-2-1-3-5-9/h1-5,10-11H,6-8H2,(H,15,16). The Morgan fingerprint density at radius 1 is 1.12 bits per heavy atom. The van der Waals surface area contributed by atoms with Gasteiger partial charge in [0, 0.05) is 5.57 Å². The highest BCUT2D eigenvalue weighted by Crippen LogP contribution is 2.52. The zero-order valence-electron chi connectivity index (χ0n) is 9.02. The van der Waals surface area contributed by atoms with Crippen LogP contribution in [0.4, 0.5) is 0 Å². The second kappa shape index (κ2) is 3.48. The van der Waals surface area contributed by atoms with E-state index in [-0.39, 0.29) is 0 Å². The maximum atomic E-state index is 11.3. The van der Waals surface area contributed by atoms with Crippen LogP contribution in [0.3, 0.4) is 0 Å². The van der Waals surface area contributed by atoms with Gasteiger partial charge in [-0.3, -0.25) is 0 Å². The molecule has 2 heteroatoms. The molecule has 2 bridgehead atoms. The van der Waals surface area contributed by atoms with Gasteiger partial charge in [0.2, 0.25) is 0 Å². The van der Waals surface area contributed by atoms with Gasteiger partial charge in [0.05, 0.1) is 0 Å². The number of hydrogen-bond donors (Lipinski definition) is 1. The van der Waals surface area contributed by atoms with E-state index < -0.39 is 5.97 Å². The number of carboxylic acids is 1. The Morgan fingerprint density at radius 2 is 1.81 bits per heavy atom. The van der Waals surface area contributed by atoms with Crippen molar-refractivity contribution in [1.82, 2.24) is 0 Å². The van der Waals surface area contributed by atoms with Crippen molar-refractivity contribution in [3.05, 3.63) is 41.5 Å². The average Bonchev–Trinajstić information content (AvgIpc) is 2.89. The van der Waals surface area contributed by atoms with Crippen LogP contribution in [0.25, 0.3) is 5.57 Å². The number of allylic oxidation sites excluding steroid dienone is 1. The van der Waals surface area contributed by atoms with E-state index in [1.807, 2.05) is 30.3 Å². The summed E-state index contributed by atoms with van der Waals surface area (Å²) in [4.78, 5) is 11.3. The number of benzene rings is 1. The van der Waals surface area contributed by atoms with E-state index in [1.165, 1.54) is 0 Å². The largest absolute Gasteiger partial charge is 0.478 e. The van der Waals surface area contributed by atoms with Crippen molar-refractivity contribution >= 4 is 11.5 Å². The molecule has 0 aliphatic heterocycles. The molecule has 2 aliphatic rings. The maximum absolute atomic E-state index is 11.3. The molecule has 0 radical (unpaired) electrons. The fourth-order valence-corrected chi connectivity index (χ4v) is 3.24. The smallest absolute Gasteiger partial charge is 0.332 e. The molecule has 1 saturated carbocycles. The Morgan fingerprint density at radius 3 is 2.50 bits per heavy atom. The molecule has 1 aromatic rings. The summed E-state index contributed by atoms with van der Waals surface area (Å²) in [6, 6.07) is 9.98. The molecule has 82 valence electrons. The molecular weight excluding hydrogens is 200 g/mol. The molecule has 2 unspecified atom stereocenters. The van der Waals surface area contributed by atoms with Crippen LogP contribution in [0.1, 0.15) is 24.8 Å². The lowest BCUT2D eigenvalue weighted by molar-refractivity contribution is -0.133. The van der Waals surface area contributed by atoms with E-state index >= 15 is 0 Å². The van der Waals surface area contributed by atoms with E-state index in [2.05, 4.69) is 0 Å². The first-order valence-electron chi connectivity index (χ1n) is 5.80. The van der Waals surface area contributed by atoms with Gasteiger partial charge in [-0.05, 0) is 42.2 Å². The highest BCUT2D eigenvalue weighted by Gasteiger charge is 2.42. The lowest BCUT2D eigenvalue weighted by atomic mass is 9.87. The van der Waals surface area contributed by atoms with Gasteiger partial charge in [-0.15, -0.1) is 0 Å². The summed E-state index contributed by atoms with van der Waals surface area (Å²) in [5.41, 5.74) is 2.89. The van der Waals surface area contributed by atoms with E-state index in [0.29, 0.717) is 17.4 Å². The van der Waals surface area contributed by atoms with Crippen molar-refractivity contribution in [3.8, 4) is 0 Å². The lowest BCUT2D eigenvalue weighted by Gasteiger charge is -2.17. The summed E-state index contributed by atoms with van der Waals surface area (Å²) in [6.45, 7) is 0. The van der Waals surface area contributed by atoms with Gasteiger partial charge in [0.1, 0.15) is 0 Å². The molecule has 1 N–H and O–H groups in total. The topological polar surface area (TPSA) is 37.3 Å². The van der Waals surface area contributed by atoms with Crippen LogP contribution in [0.15, 0.2) is 35.9 Å². The Kier molecular flexibility index (Phi) is 2.10. The molecule has 2 atom stereocenters. The van der Waals surface area contributed by atoms with Crippen LogP contribution < -0.4 is 0 Å². The van der Waals surface area contributed by atoms with Gasteiger partial charge in [0.25, 0.3) is 0 Å². The van der Waals surface area contributed by atoms with Crippen LogP contribution in [0, 0.1) is 11.8 Å². The molecule has 0 saturated heterocycles. The third-order valence-electron chi connectivity index (χ3n) is 3.85. The van der Waals surface area contributed by atoms with Gasteiger partial charge in [0.15, 0.2) is 0 Å². The van der Waals surface area contributed by atoms with Crippen LogP contribution >= 0.6 is 0 Å². The van der Waals surface area contributed by atoms with E-state index in [4.69, 9.17) is 0 Å². The number of fused-ring (bicyclic) bond motifs is 2. The van der Waals surface area contributed by atoms with Crippen LogP contribution in [-0.4, -0.2) is 11.1 Å². The molecule has 0 amide bonds. The summed E-state index contributed by atoms with van der Waals surface area (Å²) >= 11 is 0. The highest BCUT2D eigenvalue weighted by molar-refractivity contribution is 5.99. The van der Waals surface area contributed by atoms with Crippen LogP contribution in [0.2, 0.25) is 0 Å². The van der Waals surface area contributed by atoms with Crippen molar-refractivity contribution in [2.75, 3.05) is 0 Å². The molecule has 0 aromatic heterocycles. The first-order chi connectivity index (χ1) is 7.77. The molecule has 3 rings (SSSR count).